The Morgan fingerprint density at radius 2 is 2.09 bits per heavy atom. The number of carbonyl (C=O) groups is 1. The zero-order valence-electron chi connectivity index (χ0n) is 19.1. The van der Waals surface area contributed by atoms with E-state index in [4.69, 9.17) is 4.42 Å². The first-order valence-corrected chi connectivity index (χ1v) is 11.0. The molecule has 0 N–H and O–H groups in total. The van der Waals surface area contributed by atoms with Gasteiger partial charge in [0.1, 0.15) is 18.0 Å². The van der Waals surface area contributed by atoms with Crippen LogP contribution in [0, 0.1) is 11.3 Å². The first-order valence-electron chi connectivity index (χ1n) is 11.0. The van der Waals surface area contributed by atoms with Gasteiger partial charge in [0, 0.05) is 24.5 Å². The zero-order valence-corrected chi connectivity index (χ0v) is 19.1. The number of amides is 1. The number of oxazole rings is 1. The van der Waals surface area contributed by atoms with Crippen LogP contribution < -0.4 is 5.01 Å². The van der Waals surface area contributed by atoms with Crippen molar-refractivity contribution in [1.82, 2.24) is 19.3 Å². The van der Waals surface area contributed by atoms with E-state index in [9.17, 15) is 10.1 Å². The summed E-state index contributed by atoms with van der Waals surface area (Å²) >= 11 is 0. The van der Waals surface area contributed by atoms with Crippen LogP contribution in [0.3, 0.4) is 0 Å². The fourth-order valence-corrected chi connectivity index (χ4v) is 4.36. The minimum atomic E-state index is -0.526. The molecule has 170 valence electrons. The summed E-state index contributed by atoms with van der Waals surface area (Å²) in [5.41, 5.74) is 3.30. The third-order valence-electron chi connectivity index (χ3n) is 6.19. The van der Waals surface area contributed by atoms with E-state index in [0.717, 1.165) is 16.6 Å². The molecule has 3 aromatic heterocycles. The van der Waals surface area contributed by atoms with Crippen molar-refractivity contribution in [3.05, 3.63) is 83.5 Å². The van der Waals surface area contributed by atoms with Crippen molar-refractivity contribution in [2.45, 2.75) is 32.9 Å². The van der Waals surface area contributed by atoms with Crippen molar-refractivity contribution >= 4 is 23.5 Å². The van der Waals surface area contributed by atoms with Crippen LogP contribution in [0.2, 0.25) is 0 Å². The normalized spacial score (nSPS) is 14.6. The predicted octanol–water partition coefficient (Wildman–Crippen LogP) is 3.95. The topological polar surface area (TPSA) is 103 Å². The number of nitriles is 1. The molecule has 1 amide bonds. The summed E-state index contributed by atoms with van der Waals surface area (Å²) in [5.74, 6) is 1.12. The zero-order chi connectivity index (χ0) is 23.9. The van der Waals surface area contributed by atoms with Crippen LogP contribution in [-0.2, 0) is 12.1 Å². The molecule has 0 saturated heterocycles. The standard InChI is InChI=1S/C25H23N7O2/c1-4-32(23-21-8-6-18(14-26)30(21)11-9-28-23)29-15-17-5-7-19-20(13-17)25(2,3)31(24(19)33)16-22-27-10-12-34-22/h5-13,15H,4,16H2,1-3H3/b29-15+. The Balaban J connectivity index is 1.45. The number of hydrogen-bond donors (Lipinski definition) is 0. The molecule has 4 aromatic rings. The molecular formula is C25H23N7O2. The van der Waals surface area contributed by atoms with E-state index in [1.807, 2.05) is 45.0 Å². The molecule has 0 spiro atoms. The number of carbonyl (C=O) groups excluding carboxylic acids is 1. The average Bonchev–Trinajstić information content (AvgIpc) is 3.55. The molecule has 1 aliphatic rings. The fraction of sp³-hybridized carbons (Fsp3) is 0.240. The Bertz CT molecular complexity index is 1440. The quantitative estimate of drug-likeness (QED) is 0.324. The number of rotatable bonds is 6. The van der Waals surface area contributed by atoms with Crippen molar-refractivity contribution in [2.24, 2.45) is 5.10 Å². The van der Waals surface area contributed by atoms with E-state index in [1.54, 1.807) is 45.2 Å². The molecule has 0 atom stereocenters. The molecule has 0 saturated carbocycles. The first-order chi connectivity index (χ1) is 16.4. The third-order valence-corrected chi connectivity index (χ3v) is 6.19. The van der Waals surface area contributed by atoms with Gasteiger partial charge in [-0.05, 0) is 56.2 Å². The van der Waals surface area contributed by atoms with Gasteiger partial charge in [0.25, 0.3) is 5.91 Å². The Morgan fingerprint density at radius 1 is 1.24 bits per heavy atom. The van der Waals surface area contributed by atoms with Crippen molar-refractivity contribution < 1.29 is 9.21 Å². The highest BCUT2D eigenvalue weighted by Crippen LogP contribution is 2.39. The van der Waals surface area contributed by atoms with Gasteiger partial charge in [0.2, 0.25) is 5.89 Å². The number of nitrogens with zero attached hydrogens (tertiary/aromatic N) is 7. The van der Waals surface area contributed by atoms with Gasteiger partial charge in [-0.3, -0.25) is 4.79 Å². The largest absolute Gasteiger partial charge is 0.447 e. The van der Waals surface area contributed by atoms with Gasteiger partial charge in [0.15, 0.2) is 5.82 Å². The van der Waals surface area contributed by atoms with E-state index < -0.39 is 5.54 Å². The Hall–Kier alpha value is -4.45. The van der Waals surface area contributed by atoms with Gasteiger partial charge in [-0.25, -0.2) is 15.0 Å². The number of anilines is 1. The summed E-state index contributed by atoms with van der Waals surface area (Å²) in [4.78, 5) is 23.5. The molecule has 0 aliphatic carbocycles. The van der Waals surface area contributed by atoms with E-state index in [0.29, 0.717) is 36.1 Å². The van der Waals surface area contributed by atoms with Crippen LogP contribution in [0.1, 0.15) is 53.8 Å². The Kier molecular flexibility index (Phi) is 5.13. The van der Waals surface area contributed by atoms with Crippen LogP contribution in [0.25, 0.3) is 5.52 Å². The molecule has 5 rings (SSSR count). The lowest BCUT2D eigenvalue weighted by molar-refractivity contribution is 0.0569. The van der Waals surface area contributed by atoms with Crippen molar-refractivity contribution in [2.75, 3.05) is 11.6 Å². The molecule has 1 aliphatic heterocycles. The smallest absolute Gasteiger partial charge is 0.255 e. The van der Waals surface area contributed by atoms with E-state index in [1.165, 1.54) is 6.26 Å². The maximum atomic E-state index is 13.1. The molecule has 0 fully saturated rings. The lowest BCUT2D eigenvalue weighted by Crippen LogP contribution is -2.38. The minimum Gasteiger partial charge on any atom is -0.447 e. The number of fused-ring (bicyclic) bond motifs is 2. The van der Waals surface area contributed by atoms with Crippen LogP contribution in [0.5, 0.6) is 0 Å². The molecule has 1 aromatic carbocycles. The Morgan fingerprint density at radius 3 is 2.82 bits per heavy atom. The van der Waals surface area contributed by atoms with E-state index in [2.05, 4.69) is 21.1 Å². The predicted molar refractivity (Wildman–Crippen MR) is 126 cm³/mol. The summed E-state index contributed by atoms with van der Waals surface area (Å²) in [6, 6.07) is 11.5. The summed E-state index contributed by atoms with van der Waals surface area (Å²) in [6.45, 7) is 6.92. The van der Waals surface area contributed by atoms with Gasteiger partial charge < -0.3 is 13.7 Å². The lowest BCUT2D eigenvalue weighted by atomic mass is 9.92. The number of benzene rings is 1. The summed E-state index contributed by atoms with van der Waals surface area (Å²) in [6.07, 6.45) is 8.27. The van der Waals surface area contributed by atoms with Gasteiger partial charge in [-0.2, -0.15) is 10.4 Å². The molecule has 0 radical (unpaired) electrons. The van der Waals surface area contributed by atoms with Gasteiger partial charge >= 0.3 is 0 Å². The molecule has 4 heterocycles. The SMILES string of the molecule is CCN(/N=C/c1ccc2c(c1)C(C)(C)N(Cc1ncco1)C2=O)c1nccn2c(C#N)ccc12. The highest BCUT2D eigenvalue weighted by Gasteiger charge is 2.43. The molecule has 9 nitrogen and oxygen atoms in total. The van der Waals surface area contributed by atoms with Crippen LogP contribution in [-0.4, -0.2) is 37.9 Å². The van der Waals surface area contributed by atoms with E-state index in [-0.39, 0.29) is 5.91 Å². The second-order valence-electron chi connectivity index (χ2n) is 8.48. The molecular weight excluding hydrogens is 430 g/mol. The summed E-state index contributed by atoms with van der Waals surface area (Å²) in [7, 11) is 0. The average molecular weight is 454 g/mol. The molecule has 9 heteroatoms. The first kappa shape index (κ1) is 21.4. The van der Waals surface area contributed by atoms with Crippen LogP contribution >= 0.6 is 0 Å². The van der Waals surface area contributed by atoms with Crippen LogP contribution in [0.4, 0.5) is 5.82 Å². The highest BCUT2D eigenvalue weighted by molar-refractivity contribution is 6.00. The number of aromatic nitrogens is 3. The third kappa shape index (κ3) is 3.40. The second kappa shape index (κ2) is 8.15. The van der Waals surface area contributed by atoms with Gasteiger partial charge in [0.05, 0.1) is 30.0 Å². The monoisotopic (exact) mass is 453 g/mol. The minimum absolute atomic E-state index is 0.0470. The van der Waals surface area contributed by atoms with Crippen molar-refractivity contribution in [3.63, 3.8) is 0 Å². The maximum absolute atomic E-state index is 13.1. The number of hydrazone groups is 1. The Labute approximate surface area is 196 Å². The number of hydrogen-bond acceptors (Lipinski definition) is 7. The fourth-order valence-electron chi connectivity index (χ4n) is 4.36. The molecule has 0 bridgehead atoms. The van der Waals surface area contributed by atoms with E-state index >= 15 is 0 Å². The van der Waals surface area contributed by atoms with Gasteiger partial charge in [-0.1, -0.05) is 6.07 Å². The summed E-state index contributed by atoms with van der Waals surface area (Å²) < 4.78 is 7.16. The van der Waals surface area contributed by atoms with Crippen molar-refractivity contribution in [1.29, 1.82) is 5.26 Å². The molecule has 0 unspecified atom stereocenters. The highest BCUT2D eigenvalue weighted by atomic mass is 16.3. The maximum Gasteiger partial charge on any atom is 0.255 e. The van der Waals surface area contributed by atoms with Gasteiger partial charge in [-0.15, -0.1) is 0 Å². The lowest BCUT2D eigenvalue weighted by Gasteiger charge is -2.31. The molecule has 34 heavy (non-hydrogen) atoms. The van der Waals surface area contributed by atoms with Crippen molar-refractivity contribution in [3.8, 4) is 6.07 Å². The van der Waals surface area contributed by atoms with Crippen LogP contribution in [0.15, 0.2) is 64.7 Å². The second-order valence-corrected chi connectivity index (χ2v) is 8.48. The summed E-state index contributed by atoms with van der Waals surface area (Å²) in [5, 5.41) is 15.8.